The molecule has 2 aliphatic heterocycles. The number of hydrogen-bond acceptors (Lipinski definition) is 9. The van der Waals surface area contributed by atoms with Crippen LogP contribution in [0.2, 0.25) is 0 Å². The van der Waals surface area contributed by atoms with Gasteiger partial charge in [0, 0.05) is 41.7 Å². The molecule has 5 heterocycles. The maximum atomic E-state index is 16.1. The van der Waals surface area contributed by atoms with Gasteiger partial charge in [-0.2, -0.15) is 5.26 Å². The molecular formula is C28H33F2N7OS. The number of aromatic nitrogens is 3. The molecule has 3 aromatic heterocycles. The summed E-state index contributed by atoms with van der Waals surface area (Å²) in [5.41, 5.74) is 7.98. The van der Waals surface area contributed by atoms with Gasteiger partial charge in [0.2, 0.25) is 5.95 Å². The molecule has 6 rings (SSSR count). The molecule has 0 atom stereocenters. The Morgan fingerprint density at radius 1 is 1.13 bits per heavy atom. The number of nitrogens with zero attached hydrogens (tertiary/aromatic N) is 5. The predicted octanol–water partition coefficient (Wildman–Crippen LogP) is 5.91. The van der Waals surface area contributed by atoms with Gasteiger partial charge < -0.3 is 20.7 Å². The summed E-state index contributed by atoms with van der Waals surface area (Å²) in [6.45, 7) is 10.3. The van der Waals surface area contributed by atoms with Crippen molar-refractivity contribution in [1.82, 2.24) is 20.3 Å². The Morgan fingerprint density at radius 3 is 2.44 bits per heavy atom. The number of fused-ring (bicyclic) bond motifs is 4. The van der Waals surface area contributed by atoms with Gasteiger partial charge in [0.25, 0.3) is 0 Å². The summed E-state index contributed by atoms with van der Waals surface area (Å²) in [6, 6.07) is 2.65. The fraction of sp³-hybridized carbons (Fsp3) is 0.429. The Balaban J connectivity index is 0.000000456. The predicted molar refractivity (Wildman–Crippen MR) is 153 cm³/mol. The minimum atomic E-state index is -0.602. The summed E-state index contributed by atoms with van der Waals surface area (Å²) in [5, 5.41) is 13.6. The highest BCUT2D eigenvalue weighted by Crippen LogP contribution is 2.45. The monoisotopic (exact) mass is 553 g/mol. The zero-order valence-electron chi connectivity index (χ0n) is 22.9. The molecule has 3 N–H and O–H groups in total. The molecule has 0 bridgehead atoms. The largest absolute Gasteiger partial charge is 0.389 e. The number of thiophene rings is 1. The van der Waals surface area contributed by atoms with Crippen LogP contribution >= 0.6 is 11.3 Å². The first-order chi connectivity index (χ1) is 18.8. The van der Waals surface area contributed by atoms with E-state index in [-0.39, 0.29) is 50.6 Å². The molecule has 0 radical (unpaired) electrons. The van der Waals surface area contributed by atoms with Crippen molar-refractivity contribution in [2.45, 2.75) is 59.8 Å². The van der Waals surface area contributed by atoms with Gasteiger partial charge in [0.15, 0.2) is 11.6 Å². The van der Waals surface area contributed by atoms with Crippen LogP contribution in [0.4, 0.5) is 19.7 Å². The second-order valence-electron chi connectivity index (χ2n) is 9.32. The number of rotatable bonds is 3. The van der Waals surface area contributed by atoms with E-state index in [4.69, 9.17) is 10.5 Å². The fourth-order valence-corrected chi connectivity index (χ4v) is 5.53. The first-order valence-corrected chi connectivity index (χ1v) is 13.9. The van der Waals surface area contributed by atoms with E-state index < -0.39 is 11.6 Å². The number of hydrogen-bond donors (Lipinski definition) is 2. The molecule has 39 heavy (non-hydrogen) atoms. The smallest absolute Gasteiger partial charge is 0.225 e. The molecule has 1 aromatic carbocycles. The van der Waals surface area contributed by atoms with Gasteiger partial charge >= 0.3 is 0 Å². The van der Waals surface area contributed by atoms with E-state index in [1.165, 1.54) is 0 Å². The number of nitrogens with two attached hydrogens (primary N) is 1. The van der Waals surface area contributed by atoms with Crippen molar-refractivity contribution in [1.29, 1.82) is 5.26 Å². The molecule has 0 aliphatic carbocycles. The van der Waals surface area contributed by atoms with Gasteiger partial charge in [0.05, 0.1) is 35.4 Å². The number of ether oxygens (including phenoxy) is 1. The van der Waals surface area contributed by atoms with Crippen LogP contribution in [0.5, 0.6) is 0 Å². The zero-order valence-corrected chi connectivity index (χ0v) is 23.7. The van der Waals surface area contributed by atoms with E-state index in [1.807, 2.05) is 31.9 Å². The van der Waals surface area contributed by atoms with Crippen LogP contribution in [0.15, 0.2) is 12.4 Å². The first kappa shape index (κ1) is 28.5. The molecule has 11 heteroatoms. The molecule has 0 amide bonds. The lowest BCUT2D eigenvalue weighted by atomic mass is 9.94. The van der Waals surface area contributed by atoms with Crippen molar-refractivity contribution in [3.63, 3.8) is 0 Å². The van der Waals surface area contributed by atoms with E-state index in [0.29, 0.717) is 22.9 Å². The average Bonchev–Trinajstić information content (AvgIpc) is 3.72. The van der Waals surface area contributed by atoms with Crippen LogP contribution in [0.25, 0.3) is 32.2 Å². The molecule has 0 saturated carbocycles. The second-order valence-corrected chi connectivity index (χ2v) is 10.4. The van der Waals surface area contributed by atoms with Crippen molar-refractivity contribution in [2.75, 3.05) is 30.8 Å². The van der Waals surface area contributed by atoms with Crippen molar-refractivity contribution in [3.05, 3.63) is 40.7 Å². The number of nitrogen functional groups attached to an aromatic ring is 1. The van der Waals surface area contributed by atoms with Crippen molar-refractivity contribution in [2.24, 2.45) is 0 Å². The van der Waals surface area contributed by atoms with E-state index in [9.17, 15) is 9.65 Å². The Kier molecular flexibility index (Phi) is 8.90. The summed E-state index contributed by atoms with van der Waals surface area (Å²) in [5.74, 6) is -0.704. The zero-order chi connectivity index (χ0) is 28.3. The molecule has 8 nitrogen and oxygen atoms in total. The molecule has 0 spiro atoms. The third-order valence-corrected chi connectivity index (χ3v) is 7.73. The topological polar surface area (TPSA) is 113 Å². The highest BCUT2D eigenvalue weighted by Gasteiger charge is 2.30. The van der Waals surface area contributed by atoms with Crippen LogP contribution in [0.3, 0.4) is 0 Å². The maximum Gasteiger partial charge on any atom is 0.225 e. The highest BCUT2D eigenvalue weighted by atomic mass is 32.1. The Bertz CT molecular complexity index is 1540. The quantitative estimate of drug-likeness (QED) is 0.322. The standard InChI is InChI=1S/C22H16F2N6OS.C4H11N.C2H6/c23-14-7-27-19(16-10(5-25)21(26)32-20(14)16)15-13-9-31-8-12(13)11-6-28-22(29-18(11)17(15)24)30-3-1-2-4-30;1-4(2)5-3;1-2/h6-7H,1-4,8-9,26H2;4-5H,1-3H3;1-2H3. The van der Waals surface area contributed by atoms with Crippen LogP contribution in [0, 0.1) is 23.0 Å². The lowest BCUT2D eigenvalue weighted by Gasteiger charge is -2.17. The minimum Gasteiger partial charge on any atom is -0.389 e. The lowest BCUT2D eigenvalue weighted by Crippen LogP contribution is -2.20. The van der Waals surface area contributed by atoms with Crippen LogP contribution in [-0.2, 0) is 18.0 Å². The molecule has 0 unspecified atom stereocenters. The number of anilines is 2. The number of nitriles is 1. The average molecular weight is 554 g/mol. The van der Waals surface area contributed by atoms with Crippen LogP contribution in [-0.4, -0.2) is 41.1 Å². The SMILES string of the molecule is CC.CNC(C)C.N#Cc1c(N)sc2c(F)cnc(-c3c4c(c5cnc(N6CCCC6)nc5c3F)COC4)c12. The van der Waals surface area contributed by atoms with Gasteiger partial charge in [-0.3, -0.25) is 4.98 Å². The Hall–Kier alpha value is -3.46. The van der Waals surface area contributed by atoms with Gasteiger partial charge in [0.1, 0.15) is 16.6 Å². The van der Waals surface area contributed by atoms with Crippen LogP contribution in [0.1, 0.15) is 57.2 Å². The Labute approximate surface area is 230 Å². The van der Waals surface area contributed by atoms with Crippen molar-refractivity contribution >= 4 is 43.3 Å². The summed E-state index contributed by atoms with van der Waals surface area (Å²) < 4.78 is 36.5. The maximum absolute atomic E-state index is 16.1. The van der Waals surface area contributed by atoms with Gasteiger partial charge in [-0.05, 0) is 31.0 Å². The lowest BCUT2D eigenvalue weighted by molar-refractivity contribution is 0.135. The number of nitrogens with one attached hydrogen (secondary N) is 1. The molecule has 4 aromatic rings. The molecule has 2 aliphatic rings. The van der Waals surface area contributed by atoms with E-state index in [1.54, 1.807) is 6.20 Å². The van der Waals surface area contributed by atoms with Crippen molar-refractivity contribution < 1.29 is 13.5 Å². The second kappa shape index (κ2) is 12.2. The molecule has 206 valence electrons. The Morgan fingerprint density at radius 2 is 1.79 bits per heavy atom. The third-order valence-electron chi connectivity index (χ3n) is 6.70. The van der Waals surface area contributed by atoms with E-state index >= 15 is 4.39 Å². The summed E-state index contributed by atoms with van der Waals surface area (Å²) >= 11 is 0.955. The highest BCUT2D eigenvalue weighted by molar-refractivity contribution is 7.23. The minimum absolute atomic E-state index is 0.0969. The summed E-state index contributed by atoms with van der Waals surface area (Å²) in [6.07, 6.45) is 4.77. The van der Waals surface area contributed by atoms with E-state index in [2.05, 4.69) is 34.1 Å². The van der Waals surface area contributed by atoms with Gasteiger partial charge in [-0.25, -0.2) is 18.7 Å². The van der Waals surface area contributed by atoms with Crippen molar-refractivity contribution in [3.8, 4) is 17.3 Å². The summed E-state index contributed by atoms with van der Waals surface area (Å²) in [4.78, 5) is 15.3. The first-order valence-electron chi connectivity index (χ1n) is 13.1. The summed E-state index contributed by atoms with van der Waals surface area (Å²) in [7, 11) is 1.95. The normalized spacial score (nSPS) is 14.2. The molecular weight excluding hydrogens is 520 g/mol. The number of halogens is 2. The molecule has 1 fully saturated rings. The van der Waals surface area contributed by atoms with Crippen LogP contribution < -0.4 is 16.0 Å². The van der Waals surface area contributed by atoms with Gasteiger partial charge in [-0.15, -0.1) is 11.3 Å². The number of benzene rings is 1. The number of pyridine rings is 1. The fourth-order valence-electron chi connectivity index (χ4n) is 4.61. The molecule has 1 saturated heterocycles. The van der Waals surface area contributed by atoms with Gasteiger partial charge in [-0.1, -0.05) is 27.7 Å². The van der Waals surface area contributed by atoms with E-state index in [0.717, 1.165) is 49.0 Å². The third kappa shape index (κ3) is 5.24.